The van der Waals surface area contributed by atoms with E-state index >= 15 is 0 Å². The minimum Gasteiger partial charge on any atom is -0.371 e. The van der Waals surface area contributed by atoms with Gasteiger partial charge in [0.25, 0.3) is 5.91 Å². The smallest absolute Gasteiger partial charge is 0.255 e. The van der Waals surface area contributed by atoms with Crippen LogP contribution in [0.5, 0.6) is 0 Å². The molecule has 0 radical (unpaired) electrons. The molecule has 1 aromatic rings. The van der Waals surface area contributed by atoms with Crippen molar-refractivity contribution >= 4 is 5.91 Å². The van der Waals surface area contributed by atoms with Gasteiger partial charge in [0.05, 0.1) is 6.04 Å². The van der Waals surface area contributed by atoms with Crippen LogP contribution in [0.4, 0.5) is 0 Å². The first-order valence-corrected chi connectivity index (χ1v) is 8.35. The van der Waals surface area contributed by atoms with Gasteiger partial charge in [-0.1, -0.05) is 38.6 Å². The third kappa shape index (κ3) is 2.43. The molecule has 2 atom stereocenters. The first kappa shape index (κ1) is 15.1. The largest absolute Gasteiger partial charge is 0.371 e. The molecule has 22 heavy (non-hydrogen) atoms. The van der Waals surface area contributed by atoms with E-state index in [0.717, 1.165) is 23.4 Å². The van der Waals surface area contributed by atoms with Crippen LogP contribution in [0.1, 0.15) is 49.5 Å². The Morgan fingerprint density at radius 1 is 1.32 bits per heavy atom. The van der Waals surface area contributed by atoms with E-state index in [1.807, 2.05) is 23.1 Å². The number of carbonyl (C=O) groups is 1. The summed E-state index contributed by atoms with van der Waals surface area (Å²) in [4.78, 5) is 17.2. The zero-order valence-corrected chi connectivity index (χ0v) is 13.9. The fourth-order valence-electron chi connectivity index (χ4n) is 3.96. The highest BCUT2D eigenvalue weighted by Gasteiger charge is 2.38. The van der Waals surface area contributed by atoms with Gasteiger partial charge < -0.3 is 9.80 Å². The first-order valence-electron chi connectivity index (χ1n) is 8.35. The highest BCUT2D eigenvalue weighted by Crippen LogP contribution is 2.33. The molecule has 0 N–H and O–H groups in total. The molecule has 0 aliphatic carbocycles. The molecule has 1 saturated heterocycles. The lowest BCUT2D eigenvalue weighted by Crippen LogP contribution is -2.45. The number of likely N-dealkylation sites (tertiary alicyclic amines) is 1. The summed E-state index contributed by atoms with van der Waals surface area (Å²) in [6, 6.07) is 8.58. The van der Waals surface area contributed by atoms with Crippen LogP contribution in [-0.2, 0) is 6.54 Å². The van der Waals surface area contributed by atoms with Crippen molar-refractivity contribution in [1.29, 1.82) is 0 Å². The molecule has 1 amide bonds. The van der Waals surface area contributed by atoms with E-state index in [2.05, 4.69) is 38.3 Å². The normalized spacial score (nSPS) is 22.4. The molecule has 118 valence electrons. The number of carbonyl (C=O) groups excluding carboxylic acids is 1. The third-order valence-corrected chi connectivity index (χ3v) is 5.08. The molecular formula is C19H26N2O. The number of nitrogens with zero attached hydrogens (tertiary/aromatic N) is 2. The summed E-state index contributed by atoms with van der Waals surface area (Å²) < 4.78 is 0. The standard InChI is InChI=1S/C19H26N2O/c1-13(2)18(15(4)20-11-7-8-14(20)3)21-12-16-9-5-6-10-17(16)19(21)22/h5-6,9-10,13-14,18H,4,7-8,11-12H2,1-3H3. The zero-order valence-electron chi connectivity index (χ0n) is 13.9. The first-order chi connectivity index (χ1) is 10.5. The van der Waals surface area contributed by atoms with Crippen LogP contribution in [-0.4, -0.2) is 34.3 Å². The number of benzene rings is 1. The molecule has 0 spiro atoms. The number of hydrogen-bond acceptors (Lipinski definition) is 2. The molecule has 1 fully saturated rings. The van der Waals surface area contributed by atoms with E-state index in [0.29, 0.717) is 18.5 Å². The maximum Gasteiger partial charge on any atom is 0.255 e. The average Bonchev–Trinajstić information content (AvgIpc) is 3.04. The van der Waals surface area contributed by atoms with Crippen LogP contribution < -0.4 is 0 Å². The second-order valence-corrected chi connectivity index (χ2v) is 6.96. The summed E-state index contributed by atoms with van der Waals surface area (Å²) >= 11 is 0. The molecule has 0 saturated carbocycles. The SMILES string of the molecule is C=C(C(C(C)C)N1Cc2ccccc2C1=O)N1CCCC1C. The molecule has 3 rings (SSSR count). The Bertz CT molecular complexity index is 593. The van der Waals surface area contributed by atoms with E-state index in [9.17, 15) is 4.79 Å². The predicted molar refractivity (Wildman–Crippen MR) is 89.5 cm³/mol. The van der Waals surface area contributed by atoms with Crippen LogP contribution in [0.25, 0.3) is 0 Å². The molecular weight excluding hydrogens is 272 g/mol. The molecule has 2 aliphatic rings. The van der Waals surface area contributed by atoms with Crippen LogP contribution in [0, 0.1) is 5.92 Å². The quantitative estimate of drug-likeness (QED) is 0.847. The monoisotopic (exact) mass is 298 g/mol. The van der Waals surface area contributed by atoms with Crippen molar-refractivity contribution in [3.8, 4) is 0 Å². The Balaban J connectivity index is 1.87. The van der Waals surface area contributed by atoms with E-state index < -0.39 is 0 Å². The van der Waals surface area contributed by atoms with Crippen molar-refractivity contribution in [2.75, 3.05) is 6.54 Å². The van der Waals surface area contributed by atoms with Crippen LogP contribution in [0.2, 0.25) is 0 Å². The lowest BCUT2D eigenvalue weighted by molar-refractivity contribution is 0.0652. The summed E-state index contributed by atoms with van der Waals surface area (Å²) in [5.74, 6) is 0.515. The predicted octanol–water partition coefficient (Wildman–Crippen LogP) is 3.67. The van der Waals surface area contributed by atoms with Crippen molar-refractivity contribution < 1.29 is 4.79 Å². The Kier molecular flexibility index (Phi) is 3.98. The summed E-state index contributed by atoms with van der Waals surface area (Å²) in [5, 5.41) is 0. The Hall–Kier alpha value is -1.77. The van der Waals surface area contributed by atoms with Crippen molar-refractivity contribution in [1.82, 2.24) is 9.80 Å². The molecule has 2 heterocycles. The number of fused-ring (bicyclic) bond motifs is 1. The minimum atomic E-state index is 0.0837. The molecule has 3 nitrogen and oxygen atoms in total. The van der Waals surface area contributed by atoms with Crippen molar-refractivity contribution in [2.45, 2.75) is 52.2 Å². The second kappa shape index (κ2) is 5.79. The second-order valence-electron chi connectivity index (χ2n) is 6.96. The Morgan fingerprint density at radius 2 is 2.05 bits per heavy atom. The Morgan fingerprint density at radius 3 is 2.64 bits per heavy atom. The van der Waals surface area contributed by atoms with Gasteiger partial charge in [-0.25, -0.2) is 0 Å². The number of amides is 1. The van der Waals surface area contributed by atoms with Crippen molar-refractivity contribution in [3.05, 3.63) is 47.7 Å². The fraction of sp³-hybridized carbons (Fsp3) is 0.526. The summed E-state index contributed by atoms with van der Waals surface area (Å²) in [6.45, 7) is 12.8. The van der Waals surface area contributed by atoms with Gasteiger partial charge in [-0.05, 0) is 37.3 Å². The highest BCUT2D eigenvalue weighted by molar-refractivity contribution is 5.98. The lowest BCUT2D eigenvalue weighted by atomic mass is 9.98. The maximum absolute atomic E-state index is 12.8. The summed E-state index contributed by atoms with van der Waals surface area (Å²) in [7, 11) is 0. The Labute approximate surface area is 133 Å². The molecule has 1 aromatic carbocycles. The van der Waals surface area contributed by atoms with E-state index in [1.165, 1.54) is 12.8 Å². The lowest BCUT2D eigenvalue weighted by Gasteiger charge is -2.38. The molecule has 2 aliphatic heterocycles. The topological polar surface area (TPSA) is 23.6 Å². The van der Waals surface area contributed by atoms with Crippen LogP contribution in [0.15, 0.2) is 36.5 Å². The molecule has 0 bridgehead atoms. The van der Waals surface area contributed by atoms with Gasteiger partial charge in [0.1, 0.15) is 0 Å². The summed E-state index contributed by atoms with van der Waals surface area (Å²) in [5.41, 5.74) is 3.11. The van der Waals surface area contributed by atoms with Gasteiger partial charge in [-0.15, -0.1) is 0 Å². The van der Waals surface area contributed by atoms with Crippen LogP contribution >= 0.6 is 0 Å². The van der Waals surface area contributed by atoms with E-state index in [4.69, 9.17) is 0 Å². The zero-order chi connectivity index (χ0) is 15.9. The van der Waals surface area contributed by atoms with Gasteiger partial charge >= 0.3 is 0 Å². The van der Waals surface area contributed by atoms with E-state index in [-0.39, 0.29) is 11.9 Å². The molecule has 0 aromatic heterocycles. The molecule has 2 unspecified atom stereocenters. The van der Waals surface area contributed by atoms with Gasteiger partial charge in [-0.3, -0.25) is 4.79 Å². The number of rotatable bonds is 4. The minimum absolute atomic E-state index is 0.0837. The van der Waals surface area contributed by atoms with Gasteiger partial charge in [0.15, 0.2) is 0 Å². The van der Waals surface area contributed by atoms with Gasteiger partial charge in [-0.2, -0.15) is 0 Å². The average molecular weight is 298 g/mol. The van der Waals surface area contributed by atoms with Gasteiger partial charge in [0.2, 0.25) is 0 Å². The van der Waals surface area contributed by atoms with Crippen molar-refractivity contribution in [2.24, 2.45) is 5.92 Å². The summed E-state index contributed by atoms with van der Waals surface area (Å²) in [6.07, 6.45) is 2.44. The maximum atomic E-state index is 12.8. The fourth-order valence-corrected chi connectivity index (χ4v) is 3.96. The van der Waals surface area contributed by atoms with Crippen molar-refractivity contribution in [3.63, 3.8) is 0 Å². The third-order valence-electron chi connectivity index (χ3n) is 5.08. The highest BCUT2D eigenvalue weighted by atomic mass is 16.2. The molecule has 3 heteroatoms. The van der Waals surface area contributed by atoms with Gasteiger partial charge in [0, 0.05) is 30.4 Å². The van der Waals surface area contributed by atoms with E-state index in [1.54, 1.807) is 0 Å². The number of hydrogen-bond donors (Lipinski definition) is 0. The van der Waals surface area contributed by atoms with Crippen LogP contribution in [0.3, 0.4) is 0 Å².